The zero-order valence-electron chi connectivity index (χ0n) is 10.3. The highest BCUT2D eigenvalue weighted by atomic mass is 32.2. The summed E-state index contributed by atoms with van der Waals surface area (Å²) in [4.78, 5) is 13.5. The van der Waals surface area contributed by atoms with Gasteiger partial charge in [-0.15, -0.1) is 11.3 Å². The molecule has 2 heterocycles. The van der Waals surface area contributed by atoms with E-state index < -0.39 is 6.10 Å². The molecule has 2 atom stereocenters. The molecule has 0 spiro atoms. The molecule has 100 valence electrons. The number of aliphatic hydroxyl groups excluding tert-OH is 1. The first-order valence-corrected chi connectivity index (χ1v) is 7.78. The predicted octanol–water partition coefficient (Wildman–Crippen LogP) is 2.65. The normalized spacial score (nSPS) is 21.9. The molecule has 1 N–H and O–H groups in total. The maximum Gasteiger partial charge on any atom is 0.304 e. The second-order valence-electron chi connectivity index (χ2n) is 4.39. The number of nitro groups is 1. The molecule has 5 nitrogen and oxygen atoms in total. The van der Waals surface area contributed by atoms with Gasteiger partial charge in [0, 0.05) is 35.0 Å². The molecule has 0 aromatic carbocycles. The summed E-state index contributed by atoms with van der Waals surface area (Å²) in [6.07, 6.45) is -0.656. The lowest BCUT2D eigenvalue weighted by molar-refractivity contribution is -0.383. The van der Waals surface area contributed by atoms with Crippen LogP contribution < -0.4 is 4.90 Å². The van der Waals surface area contributed by atoms with Crippen LogP contribution in [0.25, 0.3) is 0 Å². The summed E-state index contributed by atoms with van der Waals surface area (Å²) in [5, 5.41) is 21.4. The van der Waals surface area contributed by atoms with E-state index in [1.807, 2.05) is 11.8 Å². The molecule has 0 bridgehead atoms. The molecule has 1 aromatic rings. The standard InChI is InChI=1S/C11H16N2O3S2/c1-7-6-17-4-3-12(7)11-9(13(15)16)5-10(18-11)8(2)14/h5,7-8,14H,3-4,6H2,1-2H3. The van der Waals surface area contributed by atoms with Crippen LogP contribution in [0.2, 0.25) is 0 Å². The van der Waals surface area contributed by atoms with Gasteiger partial charge in [-0.2, -0.15) is 11.8 Å². The predicted molar refractivity (Wildman–Crippen MR) is 75.7 cm³/mol. The maximum absolute atomic E-state index is 11.1. The van der Waals surface area contributed by atoms with Crippen molar-refractivity contribution in [3.63, 3.8) is 0 Å². The molecular weight excluding hydrogens is 272 g/mol. The molecule has 0 saturated carbocycles. The third-order valence-electron chi connectivity index (χ3n) is 2.95. The molecule has 1 aliphatic rings. The quantitative estimate of drug-likeness (QED) is 0.684. The van der Waals surface area contributed by atoms with Crippen LogP contribution >= 0.6 is 23.1 Å². The van der Waals surface area contributed by atoms with Gasteiger partial charge < -0.3 is 10.0 Å². The van der Waals surface area contributed by atoms with Crippen LogP contribution in [0, 0.1) is 10.1 Å². The third kappa shape index (κ3) is 2.62. The molecule has 2 unspecified atom stereocenters. The largest absolute Gasteiger partial charge is 0.388 e. The molecule has 1 aromatic heterocycles. The number of rotatable bonds is 3. The van der Waals surface area contributed by atoms with Gasteiger partial charge >= 0.3 is 5.69 Å². The monoisotopic (exact) mass is 288 g/mol. The van der Waals surface area contributed by atoms with Crippen molar-refractivity contribution in [2.75, 3.05) is 23.0 Å². The van der Waals surface area contributed by atoms with Crippen molar-refractivity contribution in [3.05, 3.63) is 21.1 Å². The second-order valence-corrected chi connectivity index (χ2v) is 6.60. The van der Waals surface area contributed by atoms with Gasteiger partial charge in [0.15, 0.2) is 5.00 Å². The number of hydrogen-bond acceptors (Lipinski definition) is 6. The summed E-state index contributed by atoms with van der Waals surface area (Å²) in [6.45, 7) is 4.54. The number of aliphatic hydroxyl groups is 1. The molecule has 0 aliphatic carbocycles. The highest BCUT2D eigenvalue weighted by Gasteiger charge is 2.29. The van der Waals surface area contributed by atoms with Crippen LogP contribution in [0.3, 0.4) is 0 Å². The van der Waals surface area contributed by atoms with Gasteiger partial charge in [-0.25, -0.2) is 0 Å². The second kappa shape index (κ2) is 5.46. The zero-order valence-corrected chi connectivity index (χ0v) is 12.0. The lowest BCUT2D eigenvalue weighted by atomic mass is 10.3. The van der Waals surface area contributed by atoms with Gasteiger partial charge in [-0.05, 0) is 13.8 Å². The summed E-state index contributed by atoms with van der Waals surface area (Å²) in [7, 11) is 0. The van der Waals surface area contributed by atoms with Gasteiger partial charge in [-0.1, -0.05) is 0 Å². The minimum Gasteiger partial charge on any atom is -0.388 e. The van der Waals surface area contributed by atoms with Crippen LogP contribution in [0.4, 0.5) is 10.7 Å². The van der Waals surface area contributed by atoms with Crippen LogP contribution in [-0.4, -0.2) is 34.1 Å². The van der Waals surface area contributed by atoms with Gasteiger partial charge in [0.1, 0.15) is 0 Å². The van der Waals surface area contributed by atoms with Crippen molar-refractivity contribution in [2.24, 2.45) is 0 Å². The molecule has 0 amide bonds. The van der Waals surface area contributed by atoms with E-state index in [9.17, 15) is 15.2 Å². The lowest BCUT2D eigenvalue weighted by Crippen LogP contribution is -2.40. The van der Waals surface area contributed by atoms with Crippen molar-refractivity contribution in [2.45, 2.75) is 26.0 Å². The van der Waals surface area contributed by atoms with E-state index in [2.05, 4.69) is 11.8 Å². The Balaban J connectivity index is 2.38. The summed E-state index contributed by atoms with van der Waals surface area (Å²) in [5.74, 6) is 1.97. The first-order chi connectivity index (χ1) is 8.50. The Bertz CT molecular complexity index is 447. The van der Waals surface area contributed by atoms with E-state index in [1.54, 1.807) is 6.92 Å². The minimum absolute atomic E-state index is 0.120. The Kier molecular flexibility index (Phi) is 4.14. The van der Waals surface area contributed by atoms with Crippen LogP contribution in [-0.2, 0) is 0 Å². The fourth-order valence-electron chi connectivity index (χ4n) is 1.96. The molecule has 2 rings (SSSR count). The number of thioether (sulfide) groups is 1. The molecule has 1 aliphatic heterocycles. The Morgan fingerprint density at radius 3 is 2.94 bits per heavy atom. The summed E-state index contributed by atoms with van der Waals surface area (Å²) >= 11 is 3.20. The van der Waals surface area contributed by atoms with Crippen LogP contribution in [0.1, 0.15) is 24.8 Å². The van der Waals surface area contributed by atoms with Crippen molar-refractivity contribution in [1.29, 1.82) is 0 Å². The Labute approximate surface area is 114 Å². The third-order valence-corrected chi connectivity index (χ3v) is 5.47. The molecule has 0 radical (unpaired) electrons. The number of anilines is 1. The van der Waals surface area contributed by atoms with E-state index in [1.165, 1.54) is 17.4 Å². The first-order valence-electron chi connectivity index (χ1n) is 5.81. The minimum atomic E-state index is -0.656. The topological polar surface area (TPSA) is 66.6 Å². The SMILES string of the molecule is CC(O)c1cc([N+](=O)[O-])c(N2CCSCC2C)s1. The number of thiophene rings is 1. The fourth-order valence-corrected chi connectivity index (χ4v) is 4.17. The Morgan fingerprint density at radius 1 is 1.67 bits per heavy atom. The highest BCUT2D eigenvalue weighted by Crippen LogP contribution is 2.42. The molecule has 18 heavy (non-hydrogen) atoms. The molecule has 1 saturated heterocycles. The van der Waals surface area contributed by atoms with Crippen molar-refractivity contribution in [3.8, 4) is 0 Å². The van der Waals surface area contributed by atoms with E-state index >= 15 is 0 Å². The smallest absolute Gasteiger partial charge is 0.304 e. The van der Waals surface area contributed by atoms with Crippen molar-refractivity contribution in [1.82, 2.24) is 0 Å². The Morgan fingerprint density at radius 2 is 2.39 bits per heavy atom. The van der Waals surface area contributed by atoms with E-state index in [0.29, 0.717) is 15.9 Å². The summed E-state index contributed by atoms with van der Waals surface area (Å²) in [6, 6.07) is 1.79. The Hall–Kier alpha value is -0.790. The highest BCUT2D eigenvalue weighted by molar-refractivity contribution is 7.99. The van der Waals surface area contributed by atoms with Crippen LogP contribution in [0.15, 0.2) is 6.07 Å². The summed E-state index contributed by atoms with van der Waals surface area (Å²) < 4.78 is 0. The fraction of sp³-hybridized carbons (Fsp3) is 0.636. The van der Waals surface area contributed by atoms with Gasteiger partial charge in [0.05, 0.1) is 11.0 Å². The van der Waals surface area contributed by atoms with E-state index in [4.69, 9.17) is 0 Å². The number of hydrogen-bond donors (Lipinski definition) is 1. The molecule has 7 heteroatoms. The van der Waals surface area contributed by atoms with E-state index in [-0.39, 0.29) is 10.6 Å². The summed E-state index contributed by atoms with van der Waals surface area (Å²) in [5.41, 5.74) is 0.120. The molecule has 1 fully saturated rings. The average Bonchev–Trinajstić information content (AvgIpc) is 2.74. The van der Waals surface area contributed by atoms with Gasteiger partial charge in [0.2, 0.25) is 0 Å². The van der Waals surface area contributed by atoms with E-state index in [0.717, 1.165) is 18.1 Å². The average molecular weight is 288 g/mol. The van der Waals surface area contributed by atoms with Gasteiger partial charge in [-0.3, -0.25) is 10.1 Å². The zero-order chi connectivity index (χ0) is 13.3. The lowest BCUT2D eigenvalue weighted by Gasteiger charge is -2.33. The van der Waals surface area contributed by atoms with Gasteiger partial charge in [0.25, 0.3) is 0 Å². The van der Waals surface area contributed by atoms with Crippen LogP contribution in [0.5, 0.6) is 0 Å². The number of nitrogens with zero attached hydrogens (tertiary/aromatic N) is 2. The first kappa shape index (κ1) is 13.6. The molecular formula is C11H16N2O3S2. The van der Waals surface area contributed by atoms with Crippen molar-refractivity contribution < 1.29 is 10.0 Å². The van der Waals surface area contributed by atoms with Crippen molar-refractivity contribution >= 4 is 33.8 Å². The maximum atomic E-state index is 11.1.